The van der Waals surface area contributed by atoms with Crippen LogP contribution >= 0.6 is 22.9 Å². The lowest BCUT2D eigenvalue weighted by Gasteiger charge is -2.05. The van der Waals surface area contributed by atoms with Gasteiger partial charge in [-0.05, 0) is 29.8 Å². The van der Waals surface area contributed by atoms with E-state index in [1.807, 2.05) is 18.3 Å². The summed E-state index contributed by atoms with van der Waals surface area (Å²) >= 11 is 7.50. The monoisotopic (exact) mass is 289 g/mol. The third-order valence-corrected chi connectivity index (χ3v) is 4.02. The van der Waals surface area contributed by atoms with Crippen LogP contribution in [-0.2, 0) is 6.54 Å². The van der Waals surface area contributed by atoms with Gasteiger partial charge in [-0.1, -0.05) is 23.7 Å². The molecular formula is C14H12ClN3S. The van der Waals surface area contributed by atoms with E-state index in [0.717, 1.165) is 27.8 Å². The average molecular weight is 290 g/mol. The van der Waals surface area contributed by atoms with E-state index in [4.69, 9.17) is 11.6 Å². The Kier molecular flexibility index (Phi) is 3.53. The zero-order valence-corrected chi connectivity index (χ0v) is 11.6. The summed E-state index contributed by atoms with van der Waals surface area (Å²) in [5, 5.41) is 3.37. The van der Waals surface area contributed by atoms with Crippen molar-refractivity contribution < 1.29 is 0 Å². The maximum Gasteiger partial charge on any atom is 0.0931 e. The van der Waals surface area contributed by atoms with Gasteiger partial charge in [0.15, 0.2) is 0 Å². The van der Waals surface area contributed by atoms with Crippen LogP contribution in [0.3, 0.4) is 0 Å². The highest BCUT2D eigenvalue weighted by atomic mass is 35.5. The first-order valence-corrected chi connectivity index (χ1v) is 7.07. The van der Waals surface area contributed by atoms with Crippen LogP contribution in [0.2, 0.25) is 4.34 Å². The van der Waals surface area contributed by atoms with Crippen LogP contribution in [0.1, 0.15) is 4.88 Å². The highest BCUT2D eigenvalue weighted by Crippen LogP contribution is 2.23. The summed E-state index contributed by atoms with van der Waals surface area (Å²) < 4.78 is 0.825. The summed E-state index contributed by atoms with van der Waals surface area (Å²) in [6.07, 6.45) is 3.50. The Bertz CT molecular complexity index is 644. The summed E-state index contributed by atoms with van der Waals surface area (Å²) in [5.74, 6) is 0. The number of hydrogen-bond donors (Lipinski definition) is 2. The van der Waals surface area contributed by atoms with E-state index < -0.39 is 0 Å². The molecule has 0 unspecified atom stereocenters. The molecule has 0 spiro atoms. The lowest BCUT2D eigenvalue weighted by molar-refractivity contribution is 1.19. The predicted molar refractivity (Wildman–Crippen MR) is 80.7 cm³/mol. The van der Waals surface area contributed by atoms with Crippen LogP contribution in [0.5, 0.6) is 0 Å². The topological polar surface area (TPSA) is 40.7 Å². The largest absolute Gasteiger partial charge is 0.380 e. The molecule has 0 bridgehead atoms. The number of thiophene rings is 1. The van der Waals surface area contributed by atoms with Gasteiger partial charge < -0.3 is 10.3 Å². The van der Waals surface area contributed by atoms with Crippen LogP contribution in [-0.4, -0.2) is 9.97 Å². The molecule has 5 heteroatoms. The molecule has 0 atom stereocenters. The lowest BCUT2D eigenvalue weighted by Crippen LogP contribution is -1.96. The van der Waals surface area contributed by atoms with Gasteiger partial charge in [-0.25, -0.2) is 4.98 Å². The average Bonchev–Trinajstić information content (AvgIpc) is 3.08. The quantitative estimate of drug-likeness (QED) is 0.747. The molecule has 0 aliphatic rings. The van der Waals surface area contributed by atoms with E-state index in [1.54, 1.807) is 17.7 Å². The van der Waals surface area contributed by atoms with E-state index in [2.05, 4.69) is 39.6 Å². The maximum atomic E-state index is 5.90. The minimum absolute atomic E-state index is 0.792. The number of anilines is 1. The Balaban J connectivity index is 1.66. The van der Waals surface area contributed by atoms with Gasteiger partial charge in [0.05, 0.1) is 22.6 Å². The van der Waals surface area contributed by atoms with Gasteiger partial charge in [0.25, 0.3) is 0 Å². The minimum Gasteiger partial charge on any atom is -0.380 e. The zero-order valence-electron chi connectivity index (χ0n) is 10.1. The van der Waals surface area contributed by atoms with Gasteiger partial charge in [0.1, 0.15) is 0 Å². The fourth-order valence-corrected chi connectivity index (χ4v) is 2.84. The van der Waals surface area contributed by atoms with Crippen molar-refractivity contribution >= 4 is 28.6 Å². The van der Waals surface area contributed by atoms with Crippen molar-refractivity contribution in [2.75, 3.05) is 5.32 Å². The molecule has 3 nitrogen and oxygen atoms in total. The second-order valence-corrected chi connectivity index (χ2v) is 5.90. The molecule has 3 rings (SSSR count). The number of imidazole rings is 1. The molecule has 3 aromatic rings. The first-order valence-electron chi connectivity index (χ1n) is 5.88. The molecule has 2 heterocycles. The number of aromatic nitrogens is 2. The van der Waals surface area contributed by atoms with Gasteiger partial charge in [-0.15, -0.1) is 11.3 Å². The van der Waals surface area contributed by atoms with E-state index in [9.17, 15) is 0 Å². The second kappa shape index (κ2) is 5.47. The Morgan fingerprint density at radius 2 is 2.00 bits per heavy atom. The van der Waals surface area contributed by atoms with Crippen molar-refractivity contribution in [3.63, 3.8) is 0 Å². The van der Waals surface area contributed by atoms with Crippen LogP contribution < -0.4 is 5.32 Å². The number of nitrogens with one attached hydrogen (secondary N) is 2. The molecule has 0 amide bonds. The molecule has 0 aliphatic heterocycles. The van der Waals surface area contributed by atoms with Crippen LogP contribution in [0, 0.1) is 0 Å². The molecule has 0 radical (unpaired) electrons. The van der Waals surface area contributed by atoms with Crippen molar-refractivity contribution in [3.8, 4) is 11.3 Å². The van der Waals surface area contributed by atoms with Gasteiger partial charge in [-0.3, -0.25) is 0 Å². The number of nitrogens with zero attached hydrogens (tertiary/aromatic N) is 1. The fraction of sp³-hybridized carbons (Fsp3) is 0.0714. The molecule has 1 aromatic carbocycles. The molecule has 0 saturated carbocycles. The summed E-state index contributed by atoms with van der Waals surface area (Å²) in [6, 6.07) is 12.2. The highest BCUT2D eigenvalue weighted by molar-refractivity contribution is 7.16. The fourth-order valence-electron chi connectivity index (χ4n) is 1.82. The Labute approximate surface area is 120 Å². The first-order chi connectivity index (χ1) is 9.31. The van der Waals surface area contributed by atoms with Crippen LogP contribution in [0.25, 0.3) is 11.3 Å². The number of benzene rings is 1. The molecule has 0 fully saturated rings. The van der Waals surface area contributed by atoms with E-state index in [0.29, 0.717) is 0 Å². The van der Waals surface area contributed by atoms with Gasteiger partial charge in [-0.2, -0.15) is 0 Å². The summed E-state index contributed by atoms with van der Waals surface area (Å²) in [6.45, 7) is 0.792. The van der Waals surface area contributed by atoms with E-state index >= 15 is 0 Å². The second-order valence-electron chi connectivity index (χ2n) is 4.10. The van der Waals surface area contributed by atoms with Crippen molar-refractivity contribution in [1.29, 1.82) is 0 Å². The molecule has 0 saturated heterocycles. The van der Waals surface area contributed by atoms with Crippen molar-refractivity contribution in [2.24, 2.45) is 0 Å². The number of aromatic amines is 1. The van der Waals surface area contributed by atoms with Gasteiger partial charge in [0.2, 0.25) is 0 Å². The zero-order chi connectivity index (χ0) is 13.1. The molecule has 19 heavy (non-hydrogen) atoms. The molecule has 96 valence electrons. The Morgan fingerprint density at radius 3 is 2.63 bits per heavy atom. The maximum absolute atomic E-state index is 5.90. The lowest BCUT2D eigenvalue weighted by atomic mass is 10.1. The SMILES string of the molecule is Clc1ccc(CNc2ccc(-c3cnc[nH]3)cc2)s1. The van der Waals surface area contributed by atoms with Crippen LogP contribution in [0.15, 0.2) is 48.9 Å². The Morgan fingerprint density at radius 1 is 1.16 bits per heavy atom. The normalized spacial score (nSPS) is 10.6. The van der Waals surface area contributed by atoms with Crippen molar-refractivity contribution in [1.82, 2.24) is 9.97 Å². The van der Waals surface area contributed by atoms with Gasteiger partial charge >= 0.3 is 0 Å². The standard InChI is InChI=1S/C14H12ClN3S/c15-14-6-5-12(19-14)7-17-11-3-1-10(2-4-11)13-8-16-9-18-13/h1-6,8-9,17H,7H2,(H,16,18). The number of hydrogen-bond acceptors (Lipinski definition) is 3. The molecule has 2 aromatic heterocycles. The van der Waals surface area contributed by atoms with Gasteiger partial charge in [0, 0.05) is 17.1 Å². The molecule has 2 N–H and O–H groups in total. The minimum atomic E-state index is 0.792. The summed E-state index contributed by atoms with van der Waals surface area (Å²) in [7, 11) is 0. The smallest absolute Gasteiger partial charge is 0.0931 e. The summed E-state index contributed by atoms with van der Waals surface area (Å²) in [4.78, 5) is 8.33. The van der Waals surface area contributed by atoms with Crippen molar-refractivity contribution in [3.05, 3.63) is 58.1 Å². The Hall–Kier alpha value is -1.78. The van der Waals surface area contributed by atoms with Crippen LogP contribution in [0.4, 0.5) is 5.69 Å². The predicted octanol–water partition coefficient (Wildman–Crippen LogP) is 4.40. The summed E-state index contributed by atoms with van der Waals surface area (Å²) in [5.41, 5.74) is 3.24. The number of halogens is 1. The third kappa shape index (κ3) is 2.97. The first kappa shape index (κ1) is 12.3. The van der Waals surface area contributed by atoms with Crippen molar-refractivity contribution in [2.45, 2.75) is 6.54 Å². The highest BCUT2D eigenvalue weighted by Gasteiger charge is 2.00. The van der Waals surface area contributed by atoms with E-state index in [-0.39, 0.29) is 0 Å². The number of H-pyrrole nitrogens is 1. The third-order valence-electron chi connectivity index (χ3n) is 2.79. The molecule has 0 aliphatic carbocycles. The molecular weight excluding hydrogens is 278 g/mol. The van der Waals surface area contributed by atoms with E-state index in [1.165, 1.54) is 4.88 Å². The number of rotatable bonds is 4.